The molecule has 1 heterocycles. The zero-order valence-electron chi connectivity index (χ0n) is 15.3. The van der Waals surface area contributed by atoms with Crippen LogP contribution < -0.4 is 5.56 Å². The Bertz CT molecular complexity index is 960. The van der Waals surface area contributed by atoms with E-state index in [1.165, 1.54) is 0 Å². The Labute approximate surface area is 151 Å². The van der Waals surface area contributed by atoms with E-state index >= 15 is 0 Å². The van der Waals surface area contributed by atoms with E-state index in [1.54, 1.807) is 0 Å². The van der Waals surface area contributed by atoms with E-state index in [2.05, 4.69) is 16.0 Å². The number of aromatic carboxylic acids is 1. The van der Waals surface area contributed by atoms with Gasteiger partial charge in [-0.05, 0) is 44.4 Å². The van der Waals surface area contributed by atoms with Crippen LogP contribution in [-0.2, 0) is 6.42 Å². The minimum atomic E-state index is -1.45. The highest BCUT2D eigenvalue weighted by molar-refractivity contribution is 5.88. The zero-order valence-corrected chi connectivity index (χ0v) is 15.3. The predicted octanol–water partition coefficient (Wildman–Crippen LogP) is 3.52. The van der Waals surface area contributed by atoms with Crippen LogP contribution in [0.25, 0.3) is 5.57 Å². The van der Waals surface area contributed by atoms with Gasteiger partial charge in [-0.15, -0.1) is 0 Å². The molecule has 1 aromatic heterocycles. The van der Waals surface area contributed by atoms with Gasteiger partial charge < -0.3 is 15.2 Å². The molecule has 0 saturated heterocycles. The van der Waals surface area contributed by atoms with Crippen LogP contribution in [0.4, 0.5) is 0 Å². The number of rotatable bonds is 5. The zero-order chi connectivity index (χ0) is 19.4. The number of hydrogen-bond acceptors (Lipinski definition) is 4. The van der Waals surface area contributed by atoms with Crippen molar-refractivity contribution in [3.8, 4) is 5.75 Å². The van der Waals surface area contributed by atoms with Gasteiger partial charge in [0.15, 0.2) is 5.69 Å². The Morgan fingerprint density at radius 3 is 2.42 bits per heavy atom. The molecular formula is C20H22N2O4. The number of aromatic amines is 1. The molecule has 0 saturated carbocycles. The minimum absolute atomic E-state index is 0.183. The first-order valence-electron chi connectivity index (χ1n) is 8.16. The van der Waals surface area contributed by atoms with Crippen molar-refractivity contribution in [3.05, 3.63) is 74.5 Å². The largest absolute Gasteiger partial charge is 0.501 e. The van der Waals surface area contributed by atoms with Crippen molar-refractivity contribution in [2.24, 2.45) is 0 Å². The van der Waals surface area contributed by atoms with E-state index in [-0.39, 0.29) is 12.2 Å². The third-order valence-electron chi connectivity index (χ3n) is 3.78. The molecule has 2 aromatic rings. The average Bonchev–Trinajstić information content (AvgIpc) is 2.56. The second kappa shape index (κ2) is 7.82. The Morgan fingerprint density at radius 2 is 1.85 bits per heavy atom. The molecule has 0 bridgehead atoms. The van der Waals surface area contributed by atoms with Crippen LogP contribution in [0.5, 0.6) is 5.75 Å². The molecule has 6 heteroatoms. The quantitative estimate of drug-likeness (QED) is 0.713. The van der Waals surface area contributed by atoms with Gasteiger partial charge in [0.2, 0.25) is 5.75 Å². The summed E-state index contributed by atoms with van der Waals surface area (Å²) in [4.78, 5) is 29.3. The number of nitrogens with one attached hydrogen (secondary N) is 1. The van der Waals surface area contributed by atoms with Gasteiger partial charge in [0.05, 0.1) is 0 Å². The molecule has 2 rings (SSSR count). The Hall–Kier alpha value is -3.15. The molecule has 0 aliphatic carbocycles. The Morgan fingerprint density at radius 1 is 1.19 bits per heavy atom. The first-order valence-corrected chi connectivity index (χ1v) is 8.16. The van der Waals surface area contributed by atoms with Crippen LogP contribution in [0.2, 0.25) is 0 Å². The van der Waals surface area contributed by atoms with Crippen LogP contribution in [0.15, 0.2) is 46.3 Å². The molecule has 136 valence electrons. The minimum Gasteiger partial charge on any atom is -0.501 e. The lowest BCUT2D eigenvalue weighted by molar-refractivity contribution is 0.0686. The van der Waals surface area contributed by atoms with Gasteiger partial charge in [0.1, 0.15) is 5.82 Å². The summed E-state index contributed by atoms with van der Waals surface area (Å²) in [7, 11) is 0. The van der Waals surface area contributed by atoms with E-state index < -0.39 is 23.0 Å². The van der Waals surface area contributed by atoms with E-state index in [9.17, 15) is 14.7 Å². The van der Waals surface area contributed by atoms with Crippen molar-refractivity contribution in [1.29, 1.82) is 0 Å². The molecule has 1 aromatic carbocycles. The van der Waals surface area contributed by atoms with Crippen LogP contribution in [0.1, 0.15) is 55.1 Å². The molecular weight excluding hydrogens is 332 g/mol. The van der Waals surface area contributed by atoms with Crippen molar-refractivity contribution in [3.63, 3.8) is 0 Å². The molecule has 0 atom stereocenters. The predicted molar refractivity (Wildman–Crippen MR) is 100 cm³/mol. The van der Waals surface area contributed by atoms with Crippen molar-refractivity contribution in [2.75, 3.05) is 0 Å². The number of carbonyl (C=O) groups is 1. The number of carboxylic acid groups (broad SMARTS) is 1. The summed E-state index contributed by atoms with van der Waals surface area (Å²) in [5.74, 6) is -2.15. The highest BCUT2D eigenvalue weighted by Crippen LogP contribution is 2.26. The van der Waals surface area contributed by atoms with Gasteiger partial charge in [-0.1, -0.05) is 41.5 Å². The third-order valence-corrected chi connectivity index (χ3v) is 3.78. The summed E-state index contributed by atoms with van der Waals surface area (Å²) < 4.78 is 0. The lowest BCUT2D eigenvalue weighted by atomic mass is 9.93. The van der Waals surface area contributed by atoms with E-state index in [4.69, 9.17) is 5.11 Å². The van der Waals surface area contributed by atoms with Gasteiger partial charge >= 0.3 is 5.97 Å². The van der Waals surface area contributed by atoms with Gasteiger partial charge in [-0.2, -0.15) is 0 Å². The molecule has 0 fully saturated rings. The monoisotopic (exact) mass is 354 g/mol. The normalized spacial score (nSPS) is 10.3. The molecule has 0 spiro atoms. The highest BCUT2D eigenvalue weighted by Gasteiger charge is 2.17. The van der Waals surface area contributed by atoms with Crippen molar-refractivity contribution >= 4 is 11.5 Å². The van der Waals surface area contributed by atoms with Crippen molar-refractivity contribution in [1.82, 2.24) is 9.97 Å². The number of hydrogen-bond donors (Lipinski definition) is 3. The van der Waals surface area contributed by atoms with Gasteiger partial charge in [0.25, 0.3) is 5.56 Å². The molecule has 3 N–H and O–H groups in total. The summed E-state index contributed by atoms with van der Waals surface area (Å²) in [6.45, 7) is 8.08. The summed E-state index contributed by atoms with van der Waals surface area (Å²) >= 11 is 0. The first-order chi connectivity index (χ1) is 12.2. The fourth-order valence-corrected chi connectivity index (χ4v) is 2.64. The molecule has 0 radical (unpaired) electrons. The van der Waals surface area contributed by atoms with Gasteiger partial charge in [0, 0.05) is 6.42 Å². The van der Waals surface area contributed by atoms with Crippen LogP contribution >= 0.6 is 0 Å². The second-order valence-electron chi connectivity index (χ2n) is 6.48. The summed E-state index contributed by atoms with van der Waals surface area (Å²) in [6, 6.07) is 7.69. The fraction of sp³-hybridized carbons (Fsp3) is 0.250. The highest BCUT2D eigenvalue weighted by atomic mass is 16.4. The lowest BCUT2D eigenvalue weighted by Gasteiger charge is -2.13. The SMILES string of the molecule is CC(C)=CC(=C(C)C)c1ccccc1Cc1nc(C(=O)O)c(O)c(=O)[nH]1. The number of nitrogens with zero attached hydrogens (tertiary/aromatic N) is 1. The molecule has 0 aliphatic heterocycles. The fourth-order valence-electron chi connectivity index (χ4n) is 2.64. The number of H-pyrrole nitrogens is 1. The summed E-state index contributed by atoms with van der Waals surface area (Å²) in [6.07, 6.45) is 2.32. The topological polar surface area (TPSA) is 103 Å². The molecule has 0 amide bonds. The Balaban J connectivity index is 2.57. The molecule has 0 unspecified atom stereocenters. The van der Waals surface area contributed by atoms with Gasteiger partial charge in [-0.3, -0.25) is 4.79 Å². The Kier molecular flexibility index (Phi) is 5.77. The van der Waals surface area contributed by atoms with Gasteiger partial charge in [-0.25, -0.2) is 9.78 Å². The molecule has 0 aliphatic rings. The van der Waals surface area contributed by atoms with Crippen molar-refractivity contribution < 1.29 is 15.0 Å². The number of aromatic nitrogens is 2. The standard InChI is InChI=1S/C20H22N2O4/c1-11(2)9-15(12(3)4)14-8-6-5-7-13(14)10-16-21-17(20(25)26)18(23)19(24)22-16/h5-9,23H,10H2,1-4H3,(H,25,26)(H,21,22,24). The first kappa shape index (κ1) is 19.2. The number of carboxylic acids is 1. The lowest BCUT2D eigenvalue weighted by Crippen LogP contribution is -2.17. The van der Waals surface area contributed by atoms with E-state index in [0.29, 0.717) is 0 Å². The second-order valence-corrected chi connectivity index (χ2v) is 6.48. The van der Waals surface area contributed by atoms with Crippen LogP contribution in [0.3, 0.4) is 0 Å². The maximum atomic E-state index is 11.8. The maximum Gasteiger partial charge on any atom is 0.358 e. The van der Waals surface area contributed by atoms with Crippen LogP contribution in [-0.4, -0.2) is 26.2 Å². The summed E-state index contributed by atoms with van der Waals surface area (Å²) in [5, 5.41) is 18.7. The summed E-state index contributed by atoms with van der Waals surface area (Å²) in [5.41, 5.74) is 3.73. The smallest absolute Gasteiger partial charge is 0.358 e. The number of benzene rings is 1. The number of aromatic hydroxyl groups is 1. The van der Waals surface area contributed by atoms with Crippen LogP contribution in [0, 0.1) is 0 Å². The van der Waals surface area contributed by atoms with Crippen molar-refractivity contribution in [2.45, 2.75) is 34.1 Å². The molecule has 26 heavy (non-hydrogen) atoms. The maximum absolute atomic E-state index is 11.8. The van der Waals surface area contributed by atoms with E-state index in [0.717, 1.165) is 27.8 Å². The third kappa shape index (κ3) is 4.27. The molecule has 6 nitrogen and oxygen atoms in total. The van der Waals surface area contributed by atoms with E-state index in [1.807, 2.05) is 52.0 Å². The average molecular weight is 354 g/mol. The number of allylic oxidation sites excluding steroid dienone is 4.